The van der Waals surface area contributed by atoms with E-state index in [0.717, 1.165) is 5.69 Å². The predicted octanol–water partition coefficient (Wildman–Crippen LogP) is 2.42. The summed E-state index contributed by atoms with van der Waals surface area (Å²) in [6.07, 6.45) is 3.25. The van der Waals surface area contributed by atoms with E-state index in [4.69, 9.17) is 0 Å². The summed E-state index contributed by atoms with van der Waals surface area (Å²) < 4.78 is 1.78. The molecular weight excluding hydrogens is 186 g/mol. The van der Waals surface area contributed by atoms with Crippen molar-refractivity contribution in [1.82, 2.24) is 14.8 Å². The van der Waals surface area contributed by atoms with Gasteiger partial charge in [0.15, 0.2) is 0 Å². The molecule has 15 heavy (non-hydrogen) atoms. The number of benzene rings is 2. The van der Waals surface area contributed by atoms with Gasteiger partial charge in [0, 0.05) is 5.39 Å². The Bertz CT molecular complexity index is 579. The molecule has 72 valence electrons. The van der Waals surface area contributed by atoms with Gasteiger partial charge in [-0.1, -0.05) is 36.4 Å². The molecule has 1 aromatic heterocycles. The van der Waals surface area contributed by atoms with Gasteiger partial charge >= 0.3 is 0 Å². The van der Waals surface area contributed by atoms with Gasteiger partial charge in [-0.2, -0.15) is 5.10 Å². The van der Waals surface area contributed by atoms with E-state index in [2.05, 4.69) is 28.3 Å². The predicted molar refractivity (Wildman–Crippen MR) is 58.9 cm³/mol. The fourth-order valence-electron chi connectivity index (χ4n) is 1.74. The van der Waals surface area contributed by atoms with Gasteiger partial charge in [0.25, 0.3) is 0 Å². The van der Waals surface area contributed by atoms with E-state index in [1.54, 1.807) is 17.3 Å². The summed E-state index contributed by atoms with van der Waals surface area (Å²) in [4.78, 5) is 3.96. The molecule has 3 aromatic rings. The van der Waals surface area contributed by atoms with E-state index < -0.39 is 0 Å². The van der Waals surface area contributed by atoms with Gasteiger partial charge in [0.1, 0.15) is 12.7 Å². The van der Waals surface area contributed by atoms with Gasteiger partial charge < -0.3 is 0 Å². The molecule has 2 aromatic carbocycles. The van der Waals surface area contributed by atoms with Crippen molar-refractivity contribution in [3.8, 4) is 5.69 Å². The molecule has 0 aliphatic rings. The second-order valence-corrected chi connectivity index (χ2v) is 3.34. The molecule has 0 fully saturated rings. The number of aromatic nitrogens is 3. The van der Waals surface area contributed by atoms with Crippen molar-refractivity contribution in [2.24, 2.45) is 0 Å². The van der Waals surface area contributed by atoms with Gasteiger partial charge in [0.2, 0.25) is 0 Å². The minimum Gasteiger partial charge on any atom is -0.223 e. The SMILES string of the molecule is c1ccc2c(-n3cncn3)cccc2c1. The fraction of sp³-hybridized carbons (Fsp3) is 0. The Morgan fingerprint density at radius 2 is 1.80 bits per heavy atom. The van der Waals surface area contributed by atoms with Crippen LogP contribution in [0.4, 0.5) is 0 Å². The lowest BCUT2D eigenvalue weighted by molar-refractivity contribution is 0.886. The molecular formula is C12H9N3. The summed E-state index contributed by atoms with van der Waals surface area (Å²) in [7, 11) is 0. The maximum absolute atomic E-state index is 4.14. The third kappa shape index (κ3) is 1.29. The molecule has 0 aliphatic heterocycles. The number of rotatable bonds is 1. The number of hydrogen-bond acceptors (Lipinski definition) is 2. The summed E-state index contributed by atoms with van der Waals surface area (Å²) in [5.74, 6) is 0. The summed E-state index contributed by atoms with van der Waals surface area (Å²) in [6, 6.07) is 14.4. The van der Waals surface area contributed by atoms with Crippen LogP contribution in [0, 0.1) is 0 Å². The highest BCUT2D eigenvalue weighted by molar-refractivity contribution is 5.89. The molecule has 0 aliphatic carbocycles. The second kappa shape index (κ2) is 3.20. The summed E-state index contributed by atoms with van der Waals surface area (Å²) in [6.45, 7) is 0. The highest BCUT2D eigenvalue weighted by Gasteiger charge is 2.01. The molecule has 0 atom stereocenters. The number of nitrogens with zero attached hydrogens (tertiary/aromatic N) is 3. The summed E-state index contributed by atoms with van der Waals surface area (Å²) >= 11 is 0. The number of hydrogen-bond donors (Lipinski definition) is 0. The zero-order valence-corrected chi connectivity index (χ0v) is 8.04. The highest BCUT2D eigenvalue weighted by Crippen LogP contribution is 2.20. The third-order valence-electron chi connectivity index (χ3n) is 2.43. The van der Waals surface area contributed by atoms with Gasteiger partial charge in [0.05, 0.1) is 5.69 Å². The monoisotopic (exact) mass is 195 g/mol. The first kappa shape index (κ1) is 8.17. The smallest absolute Gasteiger partial charge is 0.138 e. The maximum atomic E-state index is 4.14. The van der Waals surface area contributed by atoms with Gasteiger partial charge in [-0.15, -0.1) is 0 Å². The van der Waals surface area contributed by atoms with Crippen LogP contribution >= 0.6 is 0 Å². The molecule has 0 saturated heterocycles. The van der Waals surface area contributed by atoms with E-state index in [1.165, 1.54) is 10.8 Å². The van der Waals surface area contributed by atoms with Crippen LogP contribution in [-0.2, 0) is 0 Å². The number of fused-ring (bicyclic) bond motifs is 1. The van der Waals surface area contributed by atoms with Gasteiger partial charge in [-0.25, -0.2) is 9.67 Å². The van der Waals surface area contributed by atoms with Crippen LogP contribution in [0.2, 0.25) is 0 Å². The molecule has 0 radical (unpaired) electrons. The third-order valence-corrected chi connectivity index (χ3v) is 2.43. The first-order valence-electron chi connectivity index (χ1n) is 4.78. The first-order chi connectivity index (χ1) is 7.45. The quantitative estimate of drug-likeness (QED) is 0.597. The summed E-state index contributed by atoms with van der Waals surface area (Å²) in [5, 5.41) is 6.54. The van der Waals surface area contributed by atoms with E-state index in [0.29, 0.717) is 0 Å². The topological polar surface area (TPSA) is 30.7 Å². The van der Waals surface area contributed by atoms with Gasteiger partial charge in [-0.05, 0) is 11.5 Å². The Kier molecular flexibility index (Phi) is 1.75. The zero-order chi connectivity index (χ0) is 10.1. The minimum absolute atomic E-state index is 1.06. The first-order valence-corrected chi connectivity index (χ1v) is 4.78. The van der Waals surface area contributed by atoms with E-state index in [1.807, 2.05) is 24.3 Å². The van der Waals surface area contributed by atoms with Crippen LogP contribution in [0.15, 0.2) is 55.1 Å². The largest absolute Gasteiger partial charge is 0.223 e. The molecule has 3 rings (SSSR count). The lowest BCUT2D eigenvalue weighted by Gasteiger charge is -2.04. The molecule has 0 amide bonds. The second-order valence-electron chi connectivity index (χ2n) is 3.34. The minimum atomic E-state index is 1.06. The van der Waals surface area contributed by atoms with Gasteiger partial charge in [-0.3, -0.25) is 0 Å². The van der Waals surface area contributed by atoms with Crippen LogP contribution in [0.3, 0.4) is 0 Å². The maximum Gasteiger partial charge on any atom is 0.138 e. The molecule has 1 heterocycles. The van der Waals surface area contributed by atoms with Crippen LogP contribution in [0.25, 0.3) is 16.5 Å². The average Bonchev–Trinajstić information content (AvgIpc) is 2.82. The lowest BCUT2D eigenvalue weighted by atomic mass is 10.1. The van der Waals surface area contributed by atoms with Crippen LogP contribution < -0.4 is 0 Å². The van der Waals surface area contributed by atoms with E-state index in [-0.39, 0.29) is 0 Å². The Morgan fingerprint density at radius 3 is 2.67 bits per heavy atom. The Balaban J connectivity index is 2.36. The average molecular weight is 195 g/mol. The molecule has 3 nitrogen and oxygen atoms in total. The van der Waals surface area contributed by atoms with Crippen molar-refractivity contribution in [3.63, 3.8) is 0 Å². The van der Waals surface area contributed by atoms with Crippen molar-refractivity contribution in [1.29, 1.82) is 0 Å². The normalized spacial score (nSPS) is 10.7. The van der Waals surface area contributed by atoms with E-state index >= 15 is 0 Å². The van der Waals surface area contributed by atoms with E-state index in [9.17, 15) is 0 Å². The molecule has 0 N–H and O–H groups in total. The molecule has 3 heteroatoms. The zero-order valence-electron chi connectivity index (χ0n) is 8.04. The molecule has 0 spiro atoms. The molecule has 0 saturated carbocycles. The molecule has 0 unspecified atom stereocenters. The highest BCUT2D eigenvalue weighted by atomic mass is 15.3. The lowest BCUT2D eigenvalue weighted by Crippen LogP contribution is -1.94. The van der Waals surface area contributed by atoms with Crippen molar-refractivity contribution < 1.29 is 0 Å². The van der Waals surface area contributed by atoms with Crippen molar-refractivity contribution in [3.05, 3.63) is 55.1 Å². The van der Waals surface area contributed by atoms with Crippen molar-refractivity contribution in [2.75, 3.05) is 0 Å². The summed E-state index contributed by atoms with van der Waals surface area (Å²) in [5.41, 5.74) is 1.06. The Morgan fingerprint density at radius 1 is 0.933 bits per heavy atom. The van der Waals surface area contributed by atoms with Crippen LogP contribution in [-0.4, -0.2) is 14.8 Å². The standard InChI is InChI=1S/C12H9N3/c1-2-6-11-10(4-1)5-3-7-12(11)15-9-13-8-14-15/h1-9H. The Labute approximate surface area is 87.0 Å². The van der Waals surface area contributed by atoms with Crippen LogP contribution in [0.1, 0.15) is 0 Å². The van der Waals surface area contributed by atoms with Crippen molar-refractivity contribution in [2.45, 2.75) is 0 Å². The fourth-order valence-corrected chi connectivity index (χ4v) is 1.74. The van der Waals surface area contributed by atoms with Crippen molar-refractivity contribution >= 4 is 10.8 Å². The Hall–Kier alpha value is -2.16. The van der Waals surface area contributed by atoms with Crippen LogP contribution in [0.5, 0.6) is 0 Å². The molecule has 0 bridgehead atoms.